The highest BCUT2D eigenvalue weighted by Gasteiger charge is 2.33. The van der Waals surface area contributed by atoms with Crippen LogP contribution < -0.4 is 10.2 Å². The first-order valence-corrected chi connectivity index (χ1v) is 5.22. The molecule has 4 heteroatoms. The number of halogens is 1. The molecule has 0 saturated carbocycles. The third-order valence-electron chi connectivity index (χ3n) is 2.87. The van der Waals surface area contributed by atoms with Crippen molar-refractivity contribution in [1.82, 2.24) is 0 Å². The first-order valence-electron chi connectivity index (χ1n) is 5.22. The summed E-state index contributed by atoms with van der Waals surface area (Å²) in [6, 6.07) is 4.44. The Hall–Kier alpha value is -1.58. The summed E-state index contributed by atoms with van der Waals surface area (Å²) in [7, 11) is 1.90. The van der Waals surface area contributed by atoms with Gasteiger partial charge in [-0.3, -0.25) is 4.79 Å². The maximum absolute atomic E-state index is 13.1. The molecule has 2 rings (SSSR count). The van der Waals surface area contributed by atoms with E-state index in [1.165, 1.54) is 12.1 Å². The van der Waals surface area contributed by atoms with Gasteiger partial charge in [0.15, 0.2) is 0 Å². The van der Waals surface area contributed by atoms with Gasteiger partial charge in [0.2, 0.25) is 5.91 Å². The molecule has 0 bridgehead atoms. The van der Waals surface area contributed by atoms with Crippen molar-refractivity contribution in [2.75, 3.05) is 23.8 Å². The van der Waals surface area contributed by atoms with E-state index in [1.807, 2.05) is 25.8 Å². The van der Waals surface area contributed by atoms with Crippen molar-refractivity contribution in [3.8, 4) is 0 Å². The molecule has 0 saturated heterocycles. The van der Waals surface area contributed by atoms with Crippen LogP contribution in [0.4, 0.5) is 15.8 Å². The number of nitrogens with zero attached hydrogens (tertiary/aromatic N) is 1. The van der Waals surface area contributed by atoms with Crippen LogP contribution in [-0.4, -0.2) is 19.5 Å². The van der Waals surface area contributed by atoms with Gasteiger partial charge in [0, 0.05) is 13.6 Å². The number of fused-ring (bicyclic) bond motifs is 1. The summed E-state index contributed by atoms with van der Waals surface area (Å²) in [5.74, 6) is -0.421. The first-order chi connectivity index (χ1) is 7.40. The number of anilines is 2. The normalized spacial score (nSPS) is 18.8. The van der Waals surface area contributed by atoms with Gasteiger partial charge < -0.3 is 10.2 Å². The van der Waals surface area contributed by atoms with Crippen molar-refractivity contribution in [3.05, 3.63) is 24.0 Å². The van der Waals surface area contributed by atoms with Gasteiger partial charge in [-0.2, -0.15) is 0 Å². The van der Waals surface area contributed by atoms with Crippen LogP contribution in [0.3, 0.4) is 0 Å². The average molecular weight is 222 g/mol. The number of hydrogen-bond acceptors (Lipinski definition) is 2. The van der Waals surface area contributed by atoms with Crippen molar-refractivity contribution in [2.45, 2.75) is 13.8 Å². The van der Waals surface area contributed by atoms with E-state index in [2.05, 4.69) is 5.32 Å². The fraction of sp³-hybridized carbons (Fsp3) is 0.417. The second kappa shape index (κ2) is 3.47. The predicted octanol–water partition coefficient (Wildman–Crippen LogP) is 2.24. The van der Waals surface area contributed by atoms with E-state index in [0.29, 0.717) is 12.2 Å². The molecule has 0 aliphatic carbocycles. The summed E-state index contributed by atoms with van der Waals surface area (Å²) in [5.41, 5.74) is 0.906. The molecule has 0 spiro atoms. The summed E-state index contributed by atoms with van der Waals surface area (Å²) < 4.78 is 13.1. The predicted molar refractivity (Wildman–Crippen MR) is 62.1 cm³/mol. The van der Waals surface area contributed by atoms with Crippen LogP contribution in [0.1, 0.15) is 13.8 Å². The second-order valence-corrected chi connectivity index (χ2v) is 4.86. The quantitative estimate of drug-likeness (QED) is 0.730. The fourth-order valence-corrected chi connectivity index (χ4v) is 1.98. The fourth-order valence-electron chi connectivity index (χ4n) is 1.98. The van der Waals surface area contributed by atoms with Crippen LogP contribution in [0.5, 0.6) is 0 Å². The van der Waals surface area contributed by atoms with Crippen molar-refractivity contribution >= 4 is 17.3 Å². The zero-order chi connectivity index (χ0) is 11.9. The third kappa shape index (κ3) is 1.75. The average Bonchev–Trinajstić information content (AvgIpc) is 2.23. The lowest BCUT2D eigenvalue weighted by atomic mass is 9.92. The summed E-state index contributed by atoms with van der Waals surface area (Å²) in [6.45, 7) is 4.36. The molecule has 1 aliphatic rings. The molecular formula is C12H15FN2O. The highest BCUT2D eigenvalue weighted by atomic mass is 19.1. The first kappa shape index (κ1) is 10.9. The topological polar surface area (TPSA) is 32.3 Å². The van der Waals surface area contributed by atoms with Gasteiger partial charge in [-0.1, -0.05) is 0 Å². The molecular weight excluding hydrogens is 207 g/mol. The van der Waals surface area contributed by atoms with E-state index >= 15 is 0 Å². The van der Waals surface area contributed by atoms with Crippen LogP contribution in [0.2, 0.25) is 0 Å². The van der Waals surface area contributed by atoms with Crippen LogP contribution in [-0.2, 0) is 4.79 Å². The molecule has 1 aromatic rings. The minimum absolute atomic E-state index is 0.0799. The number of hydrogen-bond donors (Lipinski definition) is 1. The van der Waals surface area contributed by atoms with Crippen LogP contribution in [0.25, 0.3) is 0 Å². The Morgan fingerprint density at radius 3 is 2.81 bits per heavy atom. The number of amides is 1. The molecule has 0 atom stereocenters. The number of carbonyl (C=O) groups is 1. The minimum Gasteiger partial charge on any atom is -0.372 e. The zero-order valence-corrected chi connectivity index (χ0v) is 9.67. The Labute approximate surface area is 94.3 Å². The van der Waals surface area contributed by atoms with Gasteiger partial charge >= 0.3 is 0 Å². The maximum Gasteiger partial charge on any atom is 0.231 e. The molecule has 1 N–H and O–H groups in total. The molecule has 1 aliphatic heterocycles. The Kier molecular flexibility index (Phi) is 2.37. The summed E-state index contributed by atoms with van der Waals surface area (Å²) in [6.07, 6.45) is 0. The SMILES string of the molecule is CN1CC(C)(C)C(=O)Nc2cc(F)ccc21. The lowest BCUT2D eigenvalue weighted by Gasteiger charge is -2.26. The van der Waals surface area contributed by atoms with E-state index in [-0.39, 0.29) is 11.7 Å². The Balaban J connectivity index is 2.49. The van der Waals surface area contributed by atoms with Gasteiger partial charge in [-0.15, -0.1) is 0 Å². The molecule has 1 amide bonds. The molecule has 16 heavy (non-hydrogen) atoms. The lowest BCUT2D eigenvalue weighted by Crippen LogP contribution is -2.37. The van der Waals surface area contributed by atoms with E-state index in [4.69, 9.17) is 0 Å². The number of benzene rings is 1. The highest BCUT2D eigenvalue weighted by molar-refractivity contribution is 5.99. The van der Waals surface area contributed by atoms with Gasteiger partial charge in [-0.25, -0.2) is 4.39 Å². The Morgan fingerprint density at radius 1 is 1.44 bits per heavy atom. The second-order valence-electron chi connectivity index (χ2n) is 4.86. The lowest BCUT2D eigenvalue weighted by molar-refractivity contribution is -0.123. The molecule has 86 valence electrons. The largest absolute Gasteiger partial charge is 0.372 e. The van der Waals surface area contributed by atoms with Gasteiger partial charge in [-0.05, 0) is 32.0 Å². The molecule has 0 aromatic heterocycles. The summed E-state index contributed by atoms with van der Waals surface area (Å²) >= 11 is 0. The minimum atomic E-state index is -0.482. The molecule has 1 heterocycles. The van der Waals surface area contributed by atoms with E-state index in [9.17, 15) is 9.18 Å². The molecule has 0 fully saturated rings. The zero-order valence-electron chi connectivity index (χ0n) is 9.67. The van der Waals surface area contributed by atoms with Crippen molar-refractivity contribution in [3.63, 3.8) is 0 Å². The number of rotatable bonds is 0. The third-order valence-corrected chi connectivity index (χ3v) is 2.87. The molecule has 3 nitrogen and oxygen atoms in total. The van der Waals surface area contributed by atoms with Crippen LogP contribution >= 0.6 is 0 Å². The van der Waals surface area contributed by atoms with Crippen molar-refractivity contribution in [2.24, 2.45) is 5.41 Å². The van der Waals surface area contributed by atoms with Gasteiger partial charge in [0.1, 0.15) is 5.82 Å². The molecule has 0 radical (unpaired) electrons. The van der Waals surface area contributed by atoms with Gasteiger partial charge in [0.05, 0.1) is 16.8 Å². The standard InChI is InChI=1S/C12H15FN2O/c1-12(2)7-15(3)10-5-4-8(13)6-9(10)14-11(12)16/h4-6H,7H2,1-3H3,(H,14,16). The van der Waals surface area contributed by atoms with Crippen LogP contribution in [0.15, 0.2) is 18.2 Å². The smallest absolute Gasteiger partial charge is 0.231 e. The highest BCUT2D eigenvalue weighted by Crippen LogP contribution is 2.33. The van der Waals surface area contributed by atoms with Crippen LogP contribution in [0, 0.1) is 11.2 Å². The molecule has 1 aromatic carbocycles. The van der Waals surface area contributed by atoms with E-state index in [0.717, 1.165) is 5.69 Å². The Bertz CT molecular complexity index is 443. The maximum atomic E-state index is 13.1. The van der Waals surface area contributed by atoms with E-state index in [1.54, 1.807) is 6.07 Å². The number of nitrogens with one attached hydrogen (secondary N) is 1. The van der Waals surface area contributed by atoms with Crippen molar-refractivity contribution in [1.29, 1.82) is 0 Å². The molecule has 0 unspecified atom stereocenters. The van der Waals surface area contributed by atoms with Crippen molar-refractivity contribution < 1.29 is 9.18 Å². The van der Waals surface area contributed by atoms with E-state index < -0.39 is 5.41 Å². The number of carbonyl (C=O) groups excluding carboxylic acids is 1. The van der Waals surface area contributed by atoms with Gasteiger partial charge in [0.25, 0.3) is 0 Å². The summed E-state index contributed by atoms with van der Waals surface area (Å²) in [4.78, 5) is 13.9. The monoisotopic (exact) mass is 222 g/mol. The Morgan fingerprint density at radius 2 is 2.12 bits per heavy atom. The summed E-state index contributed by atoms with van der Waals surface area (Å²) in [5, 5.41) is 2.76.